The molecule has 0 radical (unpaired) electrons. The van der Waals surface area contributed by atoms with Gasteiger partial charge in [-0.2, -0.15) is 5.10 Å². The molecule has 0 spiro atoms. The molecular weight excluding hydrogens is 212 g/mol. The molecule has 88 valence electrons. The van der Waals surface area contributed by atoms with Gasteiger partial charge in [-0.3, -0.25) is 4.68 Å². The van der Waals surface area contributed by atoms with Gasteiger partial charge in [-0.15, -0.1) is 0 Å². The first-order valence-corrected chi connectivity index (χ1v) is 5.90. The summed E-state index contributed by atoms with van der Waals surface area (Å²) in [5.41, 5.74) is 14.9. The first-order valence-electron chi connectivity index (χ1n) is 5.90. The van der Waals surface area contributed by atoms with Gasteiger partial charge in [0, 0.05) is 18.3 Å². The largest absolute Gasteiger partial charge is 0.397 e. The zero-order chi connectivity index (χ0) is 11.8. The van der Waals surface area contributed by atoms with Gasteiger partial charge in [-0.25, -0.2) is 0 Å². The van der Waals surface area contributed by atoms with Gasteiger partial charge >= 0.3 is 0 Å². The number of rotatable bonds is 3. The highest BCUT2D eigenvalue weighted by Crippen LogP contribution is 2.31. The number of hydrogen-bond acceptors (Lipinski definition) is 3. The zero-order valence-electron chi connectivity index (χ0n) is 9.63. The molecular formula is C13H16N4. The van der Waals surface area contributed by atoms with E-state index in [9.17, 15) is 0 Å². The fourth-order valence-corrected chi connectivity index (χ4v) is 1.93. The van der Waals surface area contributed by atoms with E-state index in [0.29, 0.717) is 11.4 Å². The number of nitrogens with zero attached hydrogens (tertiary/aromatic N) is 2. The quantitative estimate of drug-likeness (QED) is 0.790. The van der Waals surface area contributed by atoms with E-state index >= 15 is 0 Å². The van der Waals surface area contributed by atoms with Crippen LogP contribution in [0, 0.1) is 5.92 Å². The lowest BCUT2D eigenvalue weighted by molar-refractivity contribution is 0.563. The molecule has 3 rings (SSSR count). The Labute approximate surface area is 100 Å². The minimum Gasteiger partial charge on any atom is -0.397 e. The second-order valence-electron chi connectivity index (χ2n) is 4.74. The summed E-state index contributed by atoms with van der Waals surface area (Å²) in [6, 6.07) is 5.71. The molecule has 1 fully saturated rings. The standard InChI is InChI=1S/C13H16N4/c14-12-4-3-10(5-13(12)15)11-6-16-17(8-11)7-9-1-2-9/h3-6,8-9H,1-2,7,14-15H2. The van der Waals surface area contributed by atoms with Crippen LogP contribution in [0.5, 0.6) is 0 Å². The van der Waals surface area contributed by atoms with Gasteiger partial charge in [0.1, 0.15) is 0 Å². The Hall–Kier alpha value is -1.97. The van der Waals surface area contributed by atoms with E-state index in [2.05, 4.69) is 11.3 Å². The Morgan fingerprint density at radius 3 is 2.71 bits per heavy atom. The Kier molecular flexibility index (Phi) is 2.28. The van der Waals surface area contributed by atoms with E-state index < -0.39 is 0 Å². The summed E-state index contributed by atoms with van der Waals surface area (Å²) >= 11 is 0. The van der Waals surface area contributed by atoms with Crippen molar-refractivity contribution in [3.63, 3.8) is 0 Å². The van der Waals surface area contributed by atoms with Gasteiger partial charge in [0.2, 0.25) is 0 Å². The number of nitrogen functional groups attached to an aromatic ring is 2. The second-order valence-corrected chi connectivity index (χ2v) is 4.74. The summed E-state index contributed by atoms with van der Waals surface area (Å²) in [6.45, 7) is 1.03. The molecule has 0 aliphatic heterocycles. The lowest BCUT2D eigenvalue weighted by Gasteiger charge is -2.02. The monoisotopic (exact) mass is 228 g/mol. The number of aromatic nitrogens is 2. The van der Waals surface area contributed by atoms with Gasteiger partial charge < -0.3 is 11.5 Å². The molecule has 17 heavy (non-hydrogen) atoms. The normalized spacial score (nSPS) is 15.1. The van der Waals surface area contributed by atoms with Gasteiger partial charge in [-0.05, 0) is 36.5 Å². The number of benzene rings is 1. The van der Waals surface area contributed by atoms with Crippen LogP contribution in [0.15, 0.2) is 30.6 Å². The predicted molar refractivity (Wildman–Crippen MR) is 69.2 cm³/mol. The summed E-state index contributed by atoms with van der Waals surface area (Å²) < 4.78 is 2.01. The van der Waals surface area contributed by atoms with E-state index in [4.69, 9.17) is 11.5 Å². The zero-order valence-corrected chi connectivity index (χ0v) is 9.63. The molecule has 1 aliphatic carbocycles. The van der Waals surface area contributed by atoms with Crippen LogP contribution >= 0.6 is 0 Å². The van der Waals surface area contributed by atoms with Crippen molar-refractivity contribution in [2.45, 2.75) is 19.4 Å². The molecule has 0 atom stereocenters. The molecule has 1 aromatic carbocycles. The molecule has 4 nitrogen and oxygen atoms in total. The Balaban J connectivity index is 1.86. The molecule has 1 saturated carbocycles. The van der Waals surface area contributed by atoms with Crippen molar-refractivity contribution in [2.24, 2.45) is 5.92 Å². The molecule has 1 aliphatic rings. The van der Waals surface area contributed by atoms with Crippen molar-refractivity contribution < 1.29 is 0 Å². The Bertz CT molecular complexity index is 540. The van der Waals surface area contributed by atoms with Gasteiger partial charge in [0.15, 0.2) is 0 Å². The van der Waals surface area contributed by atoms with Crippen LogP contribution in [0.1, 0.15) is 12.8 Å². The molecule has 0 amide bonds. The highest BCUT2D eigenvalue weighted by molar-refractivity contribution is 5.73. The maximum absolute atomic E-state index is 5.80. The Morgan fingerprint density at radius 1 is 1.18 bits per heavy atom. The van der Waals surface area contributed by atoms with E-state index in [-0.39, 0.29) is 0 Å². The van der Waals surface area contributed by atoms with Crippen LogP contribution in [0.4, 0.5) is 11.4 Å². The molecule has 0 saturated heterocycles. The fourth-order valence-electron chi connectivity index (χ4n) is 1.93. The van der Waals surface area contributed by atoms with Crippen LogP contribution in [-0.4, -0.2) is 9.78 Å². The van der Waals surface area contributed by atoms with Crippen LogP contribution in [0.3, 0.4) is 0 Å². The first kappa shape index (κ1) is 10.2. The van der Waals surface area contributed by atoms with Crippen molar-refractivity contribution in [3.8, 4) is 11.1 Å². The molecule has 4 N–H and O–H groups in total. The van der Waals surface area contributed by atoms with E-state index in [1.807, 2.05) is 29.1 Å². The second kappa shape index (κ2) is 3.80. The lowest BCUT2D eigenvalue weighted by atomic mass is 10.1. The third-order valence-corrected chi connectivity index (χ3v) is 3.20. The number of nitrogens with two attached hydrogens (primary N) is 2. The lowest BCUT2D eigenvalue weighted by Crippen LogP contribution is -1.99. The highest BCUT2D eigenvalue weighted by atomic mass is 15.3. The van der Waals surface area contributed by atoms with Gasteiger partial charge in [0.05, 0.1) is 17.6 Å². The molecule has 0 bridgehead atoms. The molecule has 1 aromatic heterocycles. The third kappa shape index (κ3) is 2.11. The summed E-state index contributed by atoms with van der Waals surface area (Å²) in [5, 5.41) is 4.37. The van der Waals surface area contributed by atoms with Crippen LogP contribution in [0.2, 0.25) is 0 Å². The predicted octanol–water partition coefficient (Wildman–Crippen LogP) is 2.12. The van der Waals surface area contributed by atoms with Crippen LogP contribution in [-0.2, 0) is 6.54 Å². The van der Waals surface area contributed by atoms with Gasteiger partial charge in [0.25, 0.3) is 0 Å². The van der Waals surface area contributed by atoms with E-state index in [0.717, 1.165) is 23.6 Å². The third-order valence-electron chi connectivity index (χ3n) is 3.20. The van der Waals surface area contributed by atoms with Crippen molar-refractivity contribution in [1.29, 1.82) is 0 Å². The summed E-state index contributed by atoms with van der Waals surface area (Å²) in [5.74, 6) is 0.833. The van der Waals surface area contributed by atoms with Gasteiger partial charge in [-0.1, -0.05) is 6.07 Å². The molecule has 2 aromatic rings. The average molecular weight is 228 g/mol. The molecule has 1 heterocycles. The van der Waals surface area contributed by atoms with Crippen molar-refractivity contribution in [2.75, 3.05) is 11.5 Å². The molecule has 4 heteroatoms. The maximum Gasteiger partial charge on any atom is 0.0568 e. The highest BCUT2D eigenvalue weighted by Gasteiger charge is 2.21. The summed E-state index contributed by atoms with van der Waals surface area (Å²) in [7, 11) is 0. The van der Waals surface area contributed by atoms with E-state index in [1.54, 1.807) is 0 Å². The SMILES string of the molecule is Nc1ccc(-c2cnn(CC3CC3)c2)cc1N. The topological polar surface area (TPSA) is 69.9 Å². The smallest absolute Gasteiger partial charge is 0.0568 e. The first-order chi connectivity index (χ1) is 8.22. The minimum absolute atomic E-state index is 0.623. The van der Waals surface area contributed by atoms with Crippen LogP contribution < -0.4 is 11.5 Å². The minimum atomic E-state index is 0.623. The van der Waals surface area contributed by atoms with Crippen molar-refractivity contribution >= 4 is 11.4 Å². The average Bonchev–Trinajstić information content (AvgIpc) is 2.99. The molecule has 0 unspecified atom stereocenters. The number of anilines is 2. The fraction of sp³-hybridized carbons (Fsp3) is 0.308. The van der Waals surface area contributed by atoms with E-state index in [1.165, 1.54) is 12.8 Å². The van der Waals surface area contributed by atoms with Crippen molar-refractivity contribution in [3.05, 3.63) is 30.6 Å². The van der Waals surface area contributed by atoms with Crippen LogP contribution in [0.25, 0.3) is 11.1 Å². The maximum atomic E-state index is 5.80. The van der Waals surface area contributed by atoms with Crippen molar-refractivity contribution in [1.82, 2.24) is 9.78 Å². The number of hydrogen-bond donors (Lipinski definition) is 2. The summed E-state index contributed by atoms with van der Waals surface area (Å²) in [6.07, 6.45) is 6.63. The Morgan fingerprint density at radius 2 is 2.00 bits per heavy atom. The summed E-state index contributed by atoms with van der Waals surface area (Å²) in [4.78, 5) is 0.